The highest BCUT2D eigenvalue weighted by Gasteiger charge is 2.09. The fourth-order valence-corrected chi connectivity index (χ4v) is 1.01. The lowest BCUT2D eigenvalue weighted by Gasteiger charge is -2.08. The number of benzene rings is 1. The molecule has 0 heterocycles. The summed E-state index contributed by atoms with van der Waals surface area (Å²) in [6.07, 6.45) is 0.736. The van der Waals surface area contributed by atoms with Crippen molar-refractivity contribution in [2.45, 2.75) is 20.3 Å². The molecule has 0 unspecified atom stereocenters. The molecule has 1 radical (unpaired) electrons. The maximum atomic E-state index is 13.0. The lowest BCUT2D eigenvalue weighted by Crippen LogP contribution is -1.97. The molecule has 65 valence electrons. The molecule has 0 bridgehead atoms. The zero-order valence-corrected chi connectivity index (χ0v) is 7.20. The van der Waals surface area contributed by atoms with Gasteiger partial charge in [-0.15, -0.1) is 0 Å². The summed E-state index contributed by atoms with van der Waals surface area (Å²) in [4.78, 5) is 0. The van der Waals surface area contributed by atoms with Gasteiger partial charge < -0.3 is 0 Å². The van der Waals surface area contributed by atoms with Crippen LogP contribution in [0.4, 0.5) is 8.78 Å². The van der Waals surface area contributed by atoms with Crippen LogP contribution in [0.25, 0.3) is 0 Å². The molecule has 0 nitrogen and oxygen atoms in total. The summed E-state index contributed by atoms with van der Waals surface area (Å²) < 4.78 is 25.7. The van der Waals surface area contributed by atoms with Gasteiger partial charge in [-0.05, 0) is 30.2 Å². The Hall–Kier alpha value is -0.920. The first-order valence-corrected chi connectivity index (χ1v) is 3.93. The normalized spacial score (nSPS) is 10.8. The van der Waals surface area contributed by atoms with Crippen molar-refractivity contribution < 1.29 is 8.78 Å². The first-order valence-electron chi connectivity index (χ1n) is 3.93. The third-order valence-electron chi connectivity index (χ3n) is 1.92. The van der Waals surface area contributed by atoms with E-state index in [1.165, 1.54) is 6.07 Å². The monoisotopic (exact) mass is 169 g/mol. The fourth-order valence-electron chi connectivity index (χ4n) is 1.01. The predicted molar refractivity (Wildman–Crippen MR) is 44.7 cm³/mol. The third-order valence-corrected chi connectivity index (χ3v) is 1.92. The molecule has 0 amide bonds. The Bertz CT molecular complexity index is 269. The molecule has 2 heteroatoms. The summed E-state index contributed by atoms with van der Waals surface area (Å²) >= 11 is 0. The summed E-state index contributed by atoms with van der Waals surface area (Å²) in [7, 11) is 0. The van der Waals surface area contributed by atoms with Gasteiger partial charge in [0.15, 0.2) is 0 Å². The molecule has 0 saturated carbocycles. The third kappa shape index (κ3) is 1.81. The minimum absolute atomic E-state index is 0.351. The molecular formula is C10H11F2. The van der Waals surface area contributed by atoms with Gasteiger partial charge in [-0.25, -0.2) is 8.78 Å². The van der Waals surface area contributed by atoms with Crippen molar-refractivity contribution in [2.75, 3.05) is 0 Å². The summed E-state index contributed by atoms with van der Waals surface area (Å²) in [6.45, 7) is 3.72. The van der Waals surface area contributed by atoms with Crippen molar-refractivity contribution in [1.29, 1.82) is 0 Å². The summed E-state index contributed by atoms with van der Waals surface area (Å²) in [6, 6.07) is 3.51. The Labute approximate surface area is 71.2 Å². The average molecular weight is 169 g/mol. The summed E-state index contributed by atoms with van der Waals surface area (Å²) in [5, 5.41) is 0. The Morgan fingerprint density at radius 2 is 2.00 bits per heavy atom. The van der Waals surface area contributed by atoms with E-state index in [-0.39, 0.29) is 11.6 Å². The topological polar surface area (TPSA) is 0 Å². The Morgan fingerprint density at radius 1 is 1.33 bits per heavy atom. The van der Waals surface area contributed by atoms with Crippen LogP contribution in [0.5, 0.6) is 0 Å². The zero-order chi connectivity index (χ0) is 9.14. The predicted octanol–water partition coefficient (Wildman–Crippen LogP) is 3.32. The van der Waals surface area contributed by atoms with E-state index in [2.05, 4.69) is 0 Å². The van der Waals surface area contributed by atoms with Crippen LogP contribution in [-0.2, 0) is 0 Å². The summed E-state index contributed by atoms with van der Waals surface area (Å²) in [5.41, 5.74) is 0.387. The van der Waals surface area contributed by atoms with E-state index in [1.807, 2.05) is 6.92 Å². The molecule has 0 spiro atoms. The zero-order valence-electron chi connectivity index (χ0n) is 7.20. The Balaban J connectivity index is 3.04. The molecule has 0 atom stereocenters. The molecule has 1 rings (SSSR count). The van der Waals surface area contributed by atoms with E-state index >= 15 is 0 Å². The summed E-state index contributed by atoms with van der Waals surface area (Å²) in [5.74, 6) is 0.127. The van der Waals surface area contributed by atoms with Crippen LogP contribution >= 0.6 is 0 Å². The number of hydrogen-bond donors (Lipinski definition) is 0. The first kappa shape index (κ1) is 9.17. The lowest BCUT2D eigenvalue weighted by atomic mass is 9.98. The van der Waals surface area contributed by atoms with E-state index in [1.54, 1.807) is 6.92 Å². The van der Waals surface area contributed by atoms with Gasteiger partial charge in [-0.3, -0.25) is 0 Å². The van der Waals surface area contributed by atoms with Gasteiger partial charge in [-0.1, -0.05) is 13.8 Å². The number of halogens is 2. The minimum atomic E-state index is -0.390. The molecule has 0 aliphatic carbocycles. The first-order chi connectivity index (χ1) is 5.65. The van der Waals surface area contributed by atoms with Gasteiger partial charge >= 0.3 is 0 Å². The van der Waals surface area contributed by atoms with Crippen LogP contribution in [0.1, 0.15) is 25.8 Å². The molecule has 1 aromatic carbocycles. The van der Waals surface area contributed by atoms with Crippen LogP contribution in [0.2, 0.25) is 0 Å². The van der Waals surface area contributed by atoms with Crippen molar-refractivity contribution in [3.63, 3.8) is 0 Å². The molecule has 0 saturated heterocycles. The van der Waals surface area contributed by atoms with Gasteiger partial charge in [-0.2, -0.15) is 0 Å². The van der Waals surface area contributed by atoms with Crippen LogP contribution in [0.3, 0.4) is 0 Å². The smallest absolute Gasteiger partial charge is 0.127 e. The highest BCUT2D eigenvalue weighted by Crippen LogP contribution is 2.21. The molecule has 1 aromatic rings. The van der Waals surface area contributed by atoms with Crippen LogP contribution < -0.4 is 0 Å². The van der Waals surface area contributed by atoms with Crippen LogP contribution in [-0.4, -0.2) is 0 Å². The van der Waals surface area contributed by atoms with E-state index in [0.29, 0.717) is 5.56 Å². The molecular weight excluding hydrogens is 158 g/mol. The second-order valence-electron chi connectivity index (χ2n) is 2.76. The standard InChI is InChI=1S/C10H11F2/c1-3-7(2)9-6-8(11)4-5-10(9)12/h4-6H,3H2,1-2H3. The largest absolute Gasteiger partial charge is 0.207 e. The van der Waals surface area contributed by atoms with E-state index in [0.717, 1.165) is 24.5 Å². The molecule has 0 fully saturated rings. The number of rotatable bonds is 2. The Kier molecular flexibility index (Phi) is 2.79. The lowest BCUT2D eigenvalue weighted by molar-refractivity contribution is 0.587. The van der Waals surface area contributed by atoms with E-state index in [4.69, 9.17) is 0 Å². The molecule has 0 N–H and O–H groups in total. The molecule has 0 aliphatic heterocycles. The highest BCUT2D eigenvalue weighted by atomic mass is 19.1. The average Bonchev–Trinajstić information content (AvgIpc) is 2.08. The van der Waals surface area contributed by atoms with E-state index in [9.17, 15) is 8.78 Å². The second-order valence-corrected chi connectivity index (χ2v) is 2.76. The van der Waals surface area contributed by atoms with E-state index < -0.39 is 0 Å². The van der Waals surface area contributed by atoms with Gasteiger partial charge in [0.05, 0.1) is 0 Å². The minimum Gasteiger partial charge on any atom is -0.207 e. The van der Waals surface area contributed by atoms with Gasteiger partial charge in [0.1, 0.15) is 11.6 Å². The van der Waals surface area contributed by atoms with Gasteiger partial charge in [0, 0.05) is 5.92 Å². The molecule has 0 aliphatic rings. The van der Waals surface area contributed by atoms with Crippen molar-refractivity contribution in [3.05, 3.63) is 41.3 Å². The van der Waals surface area contributed by atoms with Gasteiger partial charge in [0.2, 0.25) is 0 Å². The van der Waals surface area contributed by atoms with Crippen molar-refractivity contribution in [1.82, 2.24) is 0 Å². The van der Waals surface area contributed by atoms with Crippen molar-refractivity contribution >= 4 is 0 Å². The molecule has 12 heavy (non-hydrogen) atoms. The van der Waals surface area contributed by atoms with Crippen molar-refractivity contribution in [2.24, 2.45) is 0 Å². The number of hydrogen-bond acceptors (Lipinski definition) is 0. The highest BCUT2D eigenvalue weighted by molar-refractivity contribution is 5.30. The second kappa shape index (κ2) is 3.65. The quantitative estimate of drug-likeness (QED) is 0.637. The van der Waals surface area contributed by atoms with Crippen LogP contribution in [0, 0.1) is 17.6 Å². The van der Waals surface area contributed by atoms with Crippen molar-refractivity contribution in [3.8, 4) is 0 Å². The maximum Gasteiger partial charge on any atom is 0.127 e. The Morgan fingerprint density at radius 3 is 2.58 bits per heavy atom. The maximum absolute atomic E-state index is 13.0. The fraction of sp³-hybridized carbons (Fsp3) is 0.300. The van der Waals surface area contributed by atoms with Crippen LogP contribution in [0.15, 0.2) is 18.2 Å². The molecule has 0 aromatic heterocycles. The SMILES string of the molecule is CC[C](C)c1cc(F)ccc1F. The van der Waals surface area contributed by atoms with Gasteiger partial charge in [0.25, 0.3) is 0 Å².